The van der Waals surface area contributed by atoms with E-state index in [9.17, 15) is 0 Å². The molecule has 4 nitrogen and oxygen atoms in total. The maximum atomic E-state index is 5.82. The maximum absolute atomic E-state index is 5.82. The second-order valence-electron chi connectivity index (χ2n) is 3.99. The van der Waals surface area contributed by atoms with E-state index in [0.717, 1.165) is 24.5 Å². The van der Waals surface area contributed by atoms with Crippen LogP contribution in [0.1, 0.15) is 24.4 Å². The zero-order chi connectivity index (χ0) is 10.7. The van der Waals surface area contributed by atoms with Gasteiger partial charge in [0.05, 0.1) is 0 Å². The molecule has 0 aliphatic carbocycles. The first-order valence-electron chi connectivity index (χ1n) is 5.48. The summed E-state index contributed by atoms with van der Waals surface area (Å²) in [7, 11) is 0. The van der Waals surface area contributed by atoms with Crippen LogP contribution in [-0.4, -0.2) is 24.6 Å². The Bertz CT molecular complexity index is 303. The molecule has 1 saturated heterocycles. The van der Waals surface area contributed by atoms with Crippen LogP contribution in [-0.2, 0) is 0 Å². The molecule has 0 amide bonds. The molecule has 2 rings (SSSR count). The van der Waals surface area contributed by atoms with Gasteiger partial charge in [-0.3, -0.25) is 0 Å². The lowest BCUT2D eigenvalue weighted by atomic mass is 10.1. The summed E-state index contributed by atoms with van der Waals surface area (Å²) in [6.45, 7) is 2.70. The Morgan fingerprint density at radius 3 is 2.60 bits per heavy atom. The van der Waals surface area contributed by atoms with E-state index in [-0.39, 0.29) is 6.04 Å². The average molecular weight is 206 g/mol. The molecule has 1 unspecified atom stereocenters. The van der Waals surface area contributed by atoms with Gasteiger partial charge >= 0.3 is 0 Å². The minimum atomic E-state index is -0.0925. The molecule has 2 heterocycles. The minimum absolute atomic E-state index is 0.0925. The Kier molecular flexibility index (Phi) is 3.18. The van der Waals surface area contributed by atoms with Crippen LogP contribution in [0.3, 0.4) is 0 Å². The summed E-state index contributed by atoms with van der Waals surface area (Å²) >= 11 is 0. The molecular weight excluding hydrogens is 188 g/mol. The Morgan fingerprint density at radius 2 is 2.07 bits per heavy atom. The highest BCUT2D eigenvalue weighted by Gasteiger charge is 2.13. The van der Waals surface area contributed by atoms with Crippen molar-refractivity contribution in [1.82, 2.24) is 4.98 Å². The lowest BCUT2D eigenvalue weighted by Crippen LogP contribution is -2.22. The normalized spacial score (nSPS) is 18.1. The first-order valence-corrected chi connectivity index (χ1v) is 5.48. The van der Waals surface area contributed by atoms with Gasteiger partial charge in [0, 0.05) is 31.9 Å². The van der Waals surface area contributed by atoms with Gasteiger partial charge < -0.3 is 16.4 Å². The molecule has 1 aliphatic heterocycles. The predicted octanol–water partition coefficient (Wildman–Crippen LogP) is 0.640. The third-order valence-electron chi connectivity index (χ3n) is 2.88. The largest absolute Gasteiger partial charge is 0.357 e. The predicted molar refractivity (Wildman–Crippen MR) is 61.7 cm³/mol. The number of pyridine rings is 1. The number of anilines is 1. The second kappa shape index (κ2) is 4.59. The standard InChI is InChI=1S/C11H18N4/c12-7-10(13)9-3-4-11(14-8-9)15-5-1-2-6-15/h3-4,8,10H,1-2,5-7,12-13H2. The van der Waals surface area contributed by atoms with Gasteiger partial charge in [-0.05, 0) is 24.5 Å². The third-order valence-corrected chi connectivity index (χ3v) is 2.88. The molecule has 4 heteroatoms. The highest BCUT2D eigenvalue weighted by Crippen LogP contribution is 2.18. The monoisotopic (exact) mass is 206 g/mol. The van der Waals surface area contributed by atoms with Gasteiger partial charge in [-0.25, -0.2) is 4.98 Å². The number of hydrogen-bond acceptors (Lipinski definition) is 4. The van der Waals surface area contributed by atoms with Crippen molar-refractivity contribution in [1.29, 1.82) is 0 Å². The smallest absolute Gasteiger partial charge is 0.128 e. The minimum Gasteiger partial charge on any atom is -0.357 e. The van der Waals surface area contributed by atoms with Crippen LogP contribution in [0.2, 0.25) is 0 Å². The van der Waals surface area contributed by atoms with Crippen molar-refractivity contribution in [3.8, 4) is 0 Å². The number of nitrogens with zero attached hydrogens (tertiary/aromatic N) is 2. The lowest BCUT2D eigenvalue weighted by Gasteiger charge is -2.17. The van der Waals surface area contributed by atoms with Gasteiger partial charge in [-0.1, -0.05) is 6.07 Å². The summed E-state index contributed by atoms with van der Waals surface area (Å²) in [5, 5.41) is 0. The average Bonchev–Trinajstić information content (AvgIpc) is 2.82. The molecule has 1 fully saturated rings. The first-order chi connectivity index (χ1) is 7.31. The van der Waals surface area contributed by atoms with Crippen molar-refractivity contribution in [2.45, 2.75) is 18.9 Å². The quantitative estimate of drug-likeness (QED) is 0.761. The van der Waals surface area contributed by atoms with Gasteiger partial charge in [0.25, 0.3) is 0 Å². The van der Waals surface area contributed by atoms with Gasteiger partial charge in [0.15, 0.2) is 0 Å². The van der Waals surface area contributed by atoms with Crippen LogP contribution in [0.15, 0.2) is 18.3 Å². The van der Waals surface area contributed by atoms with Crippen LogP contribution in [0.4, 0.5) is 5.82 Å². The number of aromatic nitrogens is 1. The number of hydrogen-bond donors (Lipinski definition) is 2. The zero-order valence-corrected chi connectivity index (χ0v) is 8.89. The van der Waals surface area contributed by atoms with E-state index in [2.05, 4.69) is 9.88 Å². The third kappa shape index (κ3) is 2.27. The van der Waals surface area contributed by atoms with Crippen LogP contribution in [0, 0.1) is 0 Å². The van der Waals surface area contributed by atoms with Crippen molar-refractivity contribution in [2.24, 2.45) is 11.5 Å². The van der Waals surface area contributed by atoms with Crippen molar-refractivity contribution < 1.29 is 0 Å². The fourth-order valence-electron chi connectivity index (χ4n) is 1.89. The Morgan fingerprint density at radius 1 is 1.33 bits per heavy atom. The van der Waals surface area contributed by atoms with Crippen molar-refractivity contribution in [3.05, 3.63) is 23.9 Å². The SMILES string of the molecule is NCC(N)c1ccc(N2CCCC2)nc1. The molecule has 0 bridgehead atoms. The molecule has 4 N–H and O–H groups in total. The molecule has 15 heavy (non-hydrogen) atoms. The molecule has 0 spiro atoms. The summed E-state index contributed by atoms with van der Waals surface area (Å²) in [6.07, 6.45) is 4.38. The fraction of sp³-hybridized carbons (Fsp3) is 0.545. The van der Waals surface area contributed by atoms with Crippen LogP contribution in [0.5, 0.6) is 0 Å². The summed E-state index contributed by atoms with van der Waals surface area (Å²) in [5.41, 5.74) is 12.3. The Labute approximate surface area is 90.3 Å². The van der Waals surface area contributed by atoms with Gasteiger partial charge in [-0.2, -0.15) is 0 Å². The Balaban J connectivity index is 2.09. The number of nitrogens with two attached hydrogens (primary N) is 2. The van der Waals surface area contributed by atoms with E-state index < -0.39 is 0 Å². The zero-order valence-electron chi connectivity index (χ0n) is 8.89. The van der Waals surface area contributed by atoms with E-state index in [0.29, 0.717) is 6.54 Å². The van der Waals surface area contributed by atoms with E-state index >= 15 is 0 Å². The molecule has 0 aromatic carbocycles. The van der Waals surface area contributed by atoms with Gasteiger partial charge in [-0.15, -0.1) is 0 Å². The van der Waals surface area contributed by atoms with Crippen molar-refractivity contribution in [3.63, 3.8) is 0 Å². The van der Waals surface area contributed by atoms with Crippen LogP contribution in [0.25, 0.3) is 0 Å². The number of rotatable bonds is 3. The molecule has 1 aromatic heterocycles. The van der Waals surface area contributed by atoms with Crippen LogP contribution < -0.4 is 16.4 Å². The molecular formula is C11H18N4. The molecule has 82 valence electrons. The highest BCUT2D eigenvalue weighted by atomic mass is 15.2. The van der Waals surface area contributed by atoms with E-state index in [1.165, 1.54) is 12.8 Å². The first kappa shape index (κ1) is 10.4. The summed E-state index contributed by atoms with van der Waals surface area (Å²) in [6, 6.07) is 3.97. The molecule has 1 aromatic rings. The van der Waals surface area contributed by atoms with Gasteiger partial charge in [0.2, 0.25) is 0 Å². The van der Waals surface area contributed by atoms with E-state index in [4.69, 9.17) is 11.5 Å². The topological polar surface area (TPSA) is 68.2 Å². The molecule has 1 atom stereocenters. The van der Waals surface area contributed by atoms with Crippen LogP contribution >= 0.6 is 0 Å². The van der Waals surface area contributed by atoms with E-state index in [1.807, 2.05) is 18.3 Å². The van der Waals surface area contributed by atoms with Crippen molar-refractivity contribution >= 4 is 5.82 Å². The lowest BCUT2D eigenvalue weighted by molar-refractivity contribution is 0.732. The molecule has 0 saturated carbocycles. The molecule has 1 aliphatic rings. The van der Waals surface area contributed by atoms with Gasteiger partial charge in [0.1, 0.15) is 5.82 Å². The Hall–Kier alpha value is -1.13. The fourth-order valence-corrected chi connectivity index (χ4v) is 1.89. The maximum Gasteiger partial charge on any atom is 0.128 e. The summed E-state index contributed by atoms with van der Waals surface area (Å²) in [5.74, 6) is 1.06. The second-order valence-corrected chi connectivity index (χ2v) is 3.99. The summed E-state index contributed by atoms with van der Waals surface area (Å²) < 4.78 is 0. The highest BCUT2D eigenvalue weighted by molar-refractivity contribution is 5.40. The summed E-state index contributed by atoms with van der Waals surface area (Å²) in [4.78, 5) is 6.72. The van der Waals surface area contributed by atoms with E-state index in [1.54, 1.807) is 0 Å². The van der Waals surface area contributed by atoms with Crippen molar-refractivity contribution in [2.75, 3.05) is 24.5 Å². The molecule has 0 radical (unpaired) electrons.